The van der Waals surface area contributed by atoms with Crippen LogP contribution < -0.4 is 5.32 Å². The number of hydrogen-bond donors (Lipinski definition) is 1. The van der Waals surface area contributed by atoms with Crippen LogP contribution in [0, 0.1) is 5.92 Å². The van der Waals surface area contributed by atoms with Crippen LogP contribution in [0.3, 0.4) is 0 Å². The number of hydrogen-bond acceptors (Lipinski definition) is 5. The first kappa shape index (κ1) is 21.7. The molecule has 8 nitrogen and oxygen atoms in total. The zero-order chi connectivity index (χ0) is 21.0. The van der Waals surface area contributed by atoms with Gasteiger partial charge < -0.3 is 14.8 Å². The molecule has 0 radical (unpaired) electrons. The van der Waals surface area contributed by atoms with E-state index < -0.39 is 16.0 Å². The van der Waals surface area contributed by atoms with Gasteiger partial charge in [0.1, 0.15) is 0 Å². The summed E-state index contributed by atoms with van der Waals surface area (Å²) in [4.78, 5) is 12.6. The lowest BCUT2D eigenvalue weighted by Crippen LogP contribution is -2.54. The van der Waals surface area contributed by atoms with Gasteiger partial charge >= 0.3 is 0 Å². The lowest BCUT2D eigenvalue weighted by molar-refractivity contribution is -0.179. The van der Waals surface area contributed by atoms with E-state index in [0.29, 0.717) is 65.1 Å². The van der Waals surface area contributed by atoms with E-state index >= 15 is 0 Å². The van der Waals surface area contributed by atoms with Gasteiger partial charge in [-0.25, -0.2) is 0 Å². The van der Waals surface area contributed by atoms with Crippen molar-refractivity contribution in [3.8, 4) is 0 Å². The SMILES string of the molecule is O=C(NCCc1ccccc1)[C@H]1CCCN(S(=O)(=O)N2CCC3(CC2)OCCO3)C1. The predicted molar refractivity (Wildman–Crippen MR) is 112 cm³/mol. The second kappa shape index (κ2) is 9.32. The molecular formula is C21H31N3O5S. The van der Waals surface area contributed by atoms with Crippen molar-refractivity contribution in [3.05, 3.63) is 35.9 Å². The first-order valence-electron chi connectivity index (χ1n) is 10.8. The lowest BCUT2D eigenvalue weighted by Gasteiger charge is -2.40. The molecule has 1 aromatic carbocycles. The minimum atomic E-state index is -3.59. The summed E-state index contributed by atoms with van der Waals surface area (Å²) in [6.45, 7) is 3.17. The normalized spacial score (nSPS) is 25.4. The molecule has 166 valence electrons. The molecule has 4 rings (SSSR count). The summed E-state index contributed by atoms with van der Waals surface area (Å²) in [7, 11) is -3.59. The Bertz CT molecular complexity index is 816. The molecule has 1 aromatic rings. The van der Waals surface area contributed by atoms with E-state index in [1.165, 1.54) is 14.2 Å². The van der Waals surface area contributed by atoms with Crippen molar-refractivity contribution < 1.29 is 22.7 Å². The highest BCUT2D eigenvalue weighted by atomic mass is 32.2. The maximum Gasteiger partial charge on any atom is 0.282 e. The third-order valence-electron chi connectivity index (χ3n) is 6.26. The molecule has 3 saturated heterocycles. The van der Waals surface area contributed by atoms with Gasteiger partial charge in [0.05, 0.1) is 19.1 Å². The summed E-state index contributed by atoms with van der Waals surface area (Å²) in [6.07, 6.45) is 3.27. The van der Waals surface area contributed by atoms with Crippen molar-refractivity contribution in [2.75, 3.05) is 45.9 Å². The first-order valence-corrected chi connectivity index (χ1v) is 12.2. The van der Waals surface area contributed by atoms with Gasteiger partial charge in [0.2, 0.25) is 5.91 Å². The summed E-state index contributed by atoms with van der Waals surface area (Å²) in [5.41, 5.74) is 1.17. The number of piperidine rings is 2. The fraction of sp³-hybridized carbons (Fsp3) is 0.667. The fourth-order valence-corrected chi connectivity index (χ4v) is 6.19. The number of rotatable bonds is 6. The third-order valence-corrected chi connectivity index (χ3v) is 8.26. The Morgan fingerprint density at radius 2 is 1.77 bits per heavy atom. The molecule has 0 saturated carbocycles. The molecular weight excluding hydrogens is 406 g/mol. The van der Waals surface area contributed by atoms with E-state index in [4.69, 9.17) is 9.47 Å². The quantitative estimate of drug-likeness (QED) is 0.721. The fourth-order valence-electron chi connectivity index (χ4n) is 4.49. The van der Waals surface area contributed by atoms with E-state index in [2.05, 4.69) is 5.32 Å². The second-order valence-electron chi connectivity index (χ2n) is 8.24. The van der Waals surface area contributed by atoms with Crippen molar-refractivity contribution in [2.45, 2.75) is 37.9 Å². The topological polar surface area (TPSA) is 88.2 Å². The monoisotopic (exact) mass is 437 g/mol. The van der Waals surface area contributed by atoms with Crippen LogP contribution in [0.4, 0.5) is 0 Å². The number of nitrogens with zero attached hydrogens (tertiary/aromatic N) is 2. The Labute approximate surface area is 178 Å². The molecule has 0 unspecified atom stereocenters. The Hall–Kier alpha value is -1.52. The van der Waals surface area contributed by atoms with Gasteiger partial charge in [-0.05, 0) is 24.8 Å². The highest BCUT2D eigenvalue weighted by molar-refractivity contribution is 7.86. The summed E-state index contributed by atoms with van der Waals surface area (Å²) in [6, 6.07) is 9.99. The summed E-state index contributed by atoms with van der Waals surface area (Å²) < 4.78 is 40.7. The predicted octanol–water partition coefficient (Wildman–Crippen LogP) is 1.14. The van der Waals surface area contributed by atoms with Crippen molar-refractivity contribution >= 4 is 16.1 Å². The Morgan fingerprint density at radius 1 is 1.07 bits per heavy atom. The maximum absolute atomic E-state index is 13.1. The van der Waals surface area contributed by atoms with Crippen molar-refractivity contribution in [2.24, 2.45) is 5.92 Å². The van der Waals surface area contributed by atoms with E-state index in [0.717, 1.165) is 6.42 Å². The molecule has 3 aliphatic heterocycles. The number of amides is 1. The van der Waals surface area contributed by atoms with E-state index in [1.807, 2.05) is 30.3 Å². The van der Waals surface area contributed by atoms with E-state index in [1.54, 1.807) is 0 Å². The average Bonchev–Trinajstić information content (AvgIpc) is 3.22. The van der Waals surface area contributed by atoms with Crippen molar-refractivity contribution in [3.63, 3.8) is 0 Å². The van der Waals surface area contributed by atoms with Crippen LogP contribution >= 0.6 is 0 Å². The van der Waals surface area contributed by atoms with Gasteiger partial charge in [-0.1, -0.05) is 30.3 Å². The third kappa shape index (κ3) is 4.86. The summed E-state index contributed by atoms with van der Waals surface area (Å²) in [5.74, 6) is -0.965. The van der Waals surface area contributed by atoms with Crippen LogP contribution in [0.15, 0.2) is 30.3 Å². The number of ether oxygens (including phenoxy) is 2. The smallest absolute Gasteiger partial charge is 0.282 e. The molecule has 1 atom stereocenters. The molecule has 3 fully saturated rings. The van der Waals surface area contributed by atoms with Gasteiger partial charge in [0.25, 0.3) is 10.2 Å². The van der Waals surface area contributed by atoms with Gasteiger partial charge in [0, 0.05) is 45.6 Å². The highest BCUT2D eigenvalue weighted by Crippen LogP contribution is 2.33. The standard InChI is InChI=1S/C21H31N3O5S/c25-20(22-11-8-18-5-2-1-3-6-18)19-7-4-12-24(17-19)30(26,27)23-13-9-21(10-14-23)28-15-16-29-21/h1-3,5-6,19H,4,7-17H2,(H,22,25)/t19-/m0/s1. The van der Waals surface area contributed by atoms with Crippen LogP contribution in [0.25, 0.3) is 0 Å². The van der Waals surface area contributed by atoms with Crippen LogP contribution in [-0.2, 0) is 30.9 Å². The zero-order valence-corrected chi connectivity index (χ0v) is 18.1. The van der Waals surface area contributed by atoms with E-state index in [9.17, 15) is 13.2 Å². The molecule has 0 bridgehead atoms. The van der Waals surface area contributed by atoms with Crippen LogP contribution in [0.1, 0.15) is 31.2 Å². The molecule has 0 aromatic heterocycles. The van der Waals surface area contributed by atoms with E-state index in [-0.39, 0.29) is 18.4 Å². The average molecular weight is 438 g/mol. The van der Waals surface area contributed by atoms with Crippen LogP contribution in [0.5, 0.6) is 0 Å². The van der Waals surface area contributed by atoms with Crippen molar-refractivity contribution in [1.29, 1.82) is 0 Å². The second-order valence-corrected chi connectivity index (χ2v) is 10.2. The Balaban J connectivity index is 1.28. The van der Waals surface area contributed by atoms with Crippen LogP contribution in [0.2, 0.25) is 0 Å². The lowest BCUT2D eigenvalue weighted by atomic mass is 9.99. The molecule has 1 amide bonds. The van der Waals surface area contributed by atoms with Gasteiger partial charge in [-0.3, -0.25) is 4.79 Å². The molecule has 1 N–H and O–H groups in total. The molecule has 1 spiro atoms. The number of nitrogens with one attached hydrogen (secondary N) is 1. The number of carbonyl (C=O) groups excluding carboxylic acids is 1. The van der Waals surface area contributed by atoms with Crippen molar-refractivity contribution in [1.82, 2.24) is 13.9 Å². The highest BCUT2D eigenvalue weighted by Gasteiger charge is 2.44. The number of benzene rings is 1. The molecule has 3 aliphatic rings. The molecule has 3 heterocycles. The molecule has 9 heteroatoms. The summed E-state index contributed by atoms with van der Waals surface area (Å²) >= 11 is 0. The van der Waals surface area contributed by atoms with Gasteiger partial charge in [-0.2, -0.15) is 17.0 Å². The van der Waals surface area contributed by atoms with Gasteiger partial charge in [0.15, 0.2) is 5.79 Å². The molecule has 0 aliphatic carbocycles. The van der Waals surface area contributed by atoms with Gasteiger partial charge in [-0.15, -0.1) is 0 Å². The first-order chi connectivity index (χ1) is 14.5. The minimum Gasteiger partial charge on any atom is -0.355 e. The van der Waals surface area contributed by atoms with Crippen LogP contribution in [-0.4, -0.2) is 74.7 Å². The Morgan fingerprint density at radius 3 is 2.47 bits per heavy atom. The minimum absolute atomic E-state index is 0.0591. The Kier molecular flexibility index (Phi) is 6.74. The summed E-state index contributed by atoms with van der Waals surface area (Å²) in [5, 5.41) is 2.98. The zero-order valence-electron chi connectivity index (χ0n) is 17.3. The molecule has 30 heavy (non-hydrogen) atoms. The largest absolute Gasteiger partial charge is 0.355 e. The number of carbonyl (C=O) groups is 1. The maximum atomic E-state index is 13.1.